The maximum absolute atomic E-state index is 10.1. The van der Waals surface area contributed by atoms with E-state index in [1.807, 2.05) is 30.3 Å². The molecule has 0 amide bonds. The predicted octanol–water partition coefficient (Wildman–Crippen LogP) is 2.87. The Bertz CT molecular complexity index is 282. The lowest BCUT2D eigenvalue weighted by Gasteiger charge is -2.10. The Labute approximate surface area is 83.3 Å². The number of rotatable bonds is 4. The van der Waals surface area contributed by atoms with Crippen LogP contribution in [0.5, 0.6) is 0 Å². The highest BCUT2D eigenvalue weighted by Gasteiger charge is 2.05. The van der Waals surface area contributed by atoms with Gasteiger partial charge in [0.2, 0.25) is 0 Å². The Balaban J connectivity index is 2.36. The third-order valence-electron chi connectivity index (χ3n) is 2.15. The fourth-order valence-corrected chi connectivity index (χ4v) is 1.27. The van der Waals surface area contributed by atoms with Gasteiger partial charge in [-0.25, -0.2) is 4.79 Å². The van der Waals surface area contributed by atoms with Gasteiger partial charge in [0.05, 0.1) is 6.61 Å². The quantitative estimate of drug-likeness (QED) is 0.749. The third kappa shape index (κ3) is 3.47. The molecule has 14 heavy (non-hydrogen) atoms. The van der Waals surface area contributed by atoms with Crippen LogP contribution < -0.4 is 0 Å². The van der Waals surface area contributed by atoms with Crippen molar-refractivity contribution in [3.8, 4) is 0 Å². The van der Waals surface area contributed by atoms with E-state index in [2.05, 4.69) is 11.7 Å². The summed E-state index contributed by atoms with van der Waals surface area (Å²) in [6.07, 6.45) is -0.485. The van der Waals surface area contributed by atoms with Crippen LogP contribution in [0.3, 0.4) is 0 Å². The second kappa shape index (κ2) is 5.27. The van der Waals surface area contributed by atoms with E-state index in [9.17, 15) is 4.79 Å². The van der Waals surface area contributed by atoms with Gasteiger partial charge in [0, 0.05) is 0 Å². The standard InChI is InChI=1S/C11H14O3/c1-9(7-8-14-11(12)13)10-5-3-2-4-6-10/h2-6,9H,7-8H2,1H3,(H,12,13). The second-order valence-corrected chi connectivity index (χ2v) is 3.21. The molecule has 0 aliphatic heterocycles. The van der Waals surface area contributed by atoms with Crippen molar-refractivity contribution in [3.63, 3.8) is 0 Å². The lowest BCUT2D eigenvalue weighted by atomic mass is 9.98. The number of benzene rings is 1. The molecule has 0 bridgehead atoms. The molecule has 1 aromatic carbocycles. The molecule has 1 N–H and O–H groups in total. The van der Waals surface area contributed by atoms with Crippen LogP contribution in [-0.4, -0.2) is 17.9 Å². The van der Waals surface area contributed by atoms with Crippen molar-refractivity contribution in [2.75, 3.05) is 6.61 Å². The first-order valence-corrected chi connectivity index (χ1v) is 4.61. The number of ether oxygens (including phenoxy) is 1. The molecule has 1 atom stereocenters. The van der Waals surface area contributed by atoms with E-state index in [4.69, 9.17) is 5.11 Å². The van der Waals surface area contributed by atoms with Gasteiger partial charge in [-0.15, -0.1) is 0 Å². The van der Waals surface area contributed by atoms with Crippen LogP contribution in [0.25, 0.3) is 0 Å². The van der Waals surface area contributed by atoms with Crippen LogP contribution >= 0.6 is 0 Å². The van der Waals surface area contributed by atoms with Gasteiger partial charge in [0.25, 0.3) is 0 Å². The fourth-order valence-electron chi connectivity index (χ4n) is 1.27. The van der Waals surface area contributed by atoms with Crippen LogP contribution in [-0.2, 0) is 4.74 Å². The van der Waals surface area contributed by atoms with Gasteiger partial charge in [-0.1, -0.05) is 37.3 Å². The highest BCUT2D eigenvalue weighted by Crippen LogP contribution is 2.17. The SMILES string of the molecule is CC(CCOC(=O)O)c1ccccc1. The van der Waals surface area contributed by atoms with Crippen molar-refractivity contribution in [3.05, 3.63) is 35.9 Å². The van der Waals surface area contributed by atoms with E-state index in [0.29, 0.717) is 5.92 Å². The normalized spacial score (nSPS) is 12.1. The zero-order chi connectivity index (χ0) is 10.4. The van der Waals surface area contributed by atoms with Crippen LogP contribution in [0.1, 0.15) is 24.8 Å². The molecule has 76 valence electrons. The minimum atomic E-state index is -1.20. The van der Waals surface area contributed by atoms with E-state index in [1.54, 1.807) is 0 Å². The number of hydrogen-bond acceptors (Lipinski definition) is 2. The topological polar surface area (TPSA) is 46.5 Å². The van der Waals surface area contributed by atoms with Gasteiger partial charge in [-0.3, -0.25) is 0 Å². The van der Waals surface area contributed by atoms with Crippen LogP contribution in [0.4, 0.5) is 4.79 Å². The molecule has 0 radical (unpaired) electrons. The molecular weight excluding hydrogens is 180 g/mol. The average Bonchev–Trinajstić information content (AvgIpc) is 2.18. The van der Waals surface area contributed by atoms with Crippen molar-refractivity contribution >= 4 is 6.16 Å². The maximum Gasteiger partial charge on any atom is 0.505 e. The molecule has 0 aliphatic rings. The Morgan fingerprint density at radius 3 is 2.64 bits per heavy atom. The molecule has 1 unspecified atom stereocenters. The van der Waals surface area contributed by atoms with Gasteiger partial charge in [-0.05, 0) is 17.9 Å². The number of hydrogen-bond donors (Lipinski definition) is 1. The summed E-state index contributed by atoms with van der Waals surface area (Å²) in [7, 11) is 0. The Morgan fingerprint density at radius 1 is 1.43 bits per heavy atom. The lowest BCUT2D eigenvalue weighted by Crippen LogP contribution is -2.05. The minimum absolute atomic E-state index is 0.255. The smallest absolute Gasteiger partial charge is 0.450 e. The van der Waals surface area contributed by atoms with E-state index < -0.39 is 6.16 Å². The highest BCUT2D eigenvalue weighted by atomic mass is 16.7. The van der Waals surface area contributed by atoms with Gasteiger partial charge in [0.15, 0.2) is 0 Å². The summed E-state index contributed by atoms with van der Waals surface area (Å²) in [5.74, 6) is 0.329. The summed E-state index contributed by atoms with van der Waals surface area (Å²) in [5.41, 5.74) is 1.21. The van der Waals surface area contributed by atoms with Crippen molar-refractivity contribution in [1.82, 2.24) is 0 Å². The Kier molecular flexibility index (Phi) is 3.98. The monoisotopic (exact) mass is 194 g/mol. The molecule has 0 aliphatic carbocycles. The maximum atomic E-state index is 10.1. The van der Waals surface area contributed by atoms with E-state index in [-0.39, 0.29) is 6.61 Å². The molecule has 1 rings (SSSR count). The first-order chi connectivity index (χ1) is 6.70. The van der Waals surface area contributed by atoms with Crippen molar-refractivity contribution in [2.24, 2.45) is 0 Å². The summed E-state index contributed by atoms with van der Waals surface area (Å²) in [6, 6.07) is 9.98. The minimum Gasteiger partial charge on any atom is -0.450 e. The Morgan fingerprint density at radius 2 is 2.07 bits per heavy atom. The zero-order valence-corrected chi connectivity index (χ0v) is 8.14. The van der Waals surface area contributed by atoms with E-state index in [1.165, 1.54) is 5.56 Å². The number of carbonyl (C=O) groups is 1. The molecule has 3 nitrogen and oxygen atoms in total. The molecule has 0 aromatic heterocycles. The average molecular weight is 194 g/mol. The number of carboxylic acid groups (broad SMARTS) is 1. The molecule has 3 heteroatoms. The second-order valence-electron chi connectivity index (χ2n) is 3.21. The van der Waals surface area contributed by atoms with Gasteiger partial charge < -0.3 is 9.84 Å². The van der Waals surface area contributed by atoms with Crippen molar-refractivity contribution < 1.29 is 14.6 Å². The molecule has 0 heterocycles. The van der Waals surface area contributed by atoms with Gasteiger partial charge in [0.1, 0.15) is 0 Å². The molecule has 0 saturated heterocycles. The largest absolute Gasteiger partial charge is 0.505 e. The third-order valence-corrected chi connectivity index (χ3v) is 2.15. The molecule has 0 spiro atoms. The van der Waals surface area contributed by atoms with E-state index in [0.717, 1.165) is 6.42 Å². The zero-order valence-electron chi connectivity index (χ0n) is 8.14. The molecule has 0 saturated carbocycles. The summed E-state index contributed by atoms with van der Waals surface area (Å²) in [5, 5.41) is 8.27. The fraction of sp³-hybridized carbons (Fsp3) is 0.364. The van der Waals surface area contributed by atoms with Gasteiger partial charge >= 0.3 is 6.16 Å². The summed E-state index contributed by atoms with van der Waals surface area (Å²) < 4.78 is 4.45. The summed E-state index contributed by atoms with van der Waals surface area (Å²) in [4.78, 5) is 10.1. The predicted molar refractivity (Wildman–Crippen MR) is 53.5 cm³/mol. The van der Waals surface area contributed by atoms with Crippen LogP contribution in [0.15, 0.2) is 30.3 Å². The summed E-state index contributed by atoms with van der Waals surface area (Å²) in [6.45, 7) is 2.31. The molecular formula is C11H14O3. The van der Waals surface area contributed by atoms with Crippen molar-refractivity contribution in [2.45, 2.75) is 19.3 Å². The molecule has 1 aromatic rings. The van der Waals surface area contributed by atoms with E-state index >= 15 is 0 Å². The summed E-state index contributed by atoms with van der Waals surface area (Å²) >= 11 is 0. The Hall–Kier alpha value is -1.51. The highest BCUT2D eigenvalue weighted by molar-refractivity contribution is 5.56. The van der Waals surface area contributed by atoms with Crippen molar-refractivity contribution in [1.29, 1.82) is 0 Å². The van der Waals surface area contributed by atoms with Crippen LogP contribution in [0, 0.1) is 0 Å². The molecule has 0 fully saturated rings. The van der Waals surface area contributed by atoms with Gasteiger partial charge in [-0.2, -0.15) is 0 Å². The van der Waals surface area contributed by atoms with Crippen LogP contribution in [0.2, 0.25) is 0 Å². The lowest BCUT2D eigenvalue weighted by molar-refractivity contribution is 0.0892. The first kappa shape index (κ1) is 10.6. The first-order valence-electron chi connectivity index (χ1n) is 4.61.